The number of amides is 1. The van der Waals surface area contributed by atoms with Gasteiger partial charge in [0.2, 0.25) is 10.0 Å². The van der Waals surface area contributed by atoms with Crippen LogP contribution in [0.3, 0.4) is 0 Å². The Hall–Kier alpha value is -3.29. The van der Waals surface area contributed by atoms with E-state index in [0.717, 1.165) is 5.56 Å². The van der Waals surface area contributed by atoms with Crippen molar-refractivity contribution in [1.82, 2.24) is 23.8 Å². The Morgan fingerprint density at radius 3 is 2.68 bits per heavy atom. The van der Waals surface area contributed by atoms with Crippen LogP contribution in [0.2, 0.25) is 0 Å². The lowest BCUT2D eigenvalue weighted by Crippen LogP contribution is -2.55. The molecule has 31 heavy (non-hydrogen) atoms. The van der Waals surface area contributed by atoms with Gasteiger partial charge >= 0.3 is 0 Å². The minimum Gasteiger partial charge on any atom is -0.333 e. The van der Waals surface area contributed by atoms with E-state index in [4.69, 9.17) is 5.26 Å². The smallest absolute Gasteiger partial charge is 0.259 e. The number of carbonyl (C=O) groups excluding carboxylic acids is 1. The third-order valence-electron chi connectivity index (χ3n) is 5.49. The molecule has 0 N–H and O–H groups in total. The van der Waals surface area contributed by atoms with Gasteiger partial charge in [0.25, 0.3) is 5.91 Å². The van der Waals surface area contributed by atoms with Crippen LogP contribution in [0.15, 0.2) is 41.7 Å². The second kappa shape index (κ2) is 7.76. The van der Waals surface area contributed by atoms with E-state index in [1.807, 2.05) is 19.9 Å². The third-order valence-corrected chi connectivity index (χ3v) is 7.51. The van der Waals surface area contributed by atoms with Crippen molar-refractivity contribution in [3.05, 3.63) is 59.0 Å². The fraction of sp³-hybridized carbons (Fsp3) is 0.333. The molecule has 9 nitrogen and oxygen atoms in total. The van der Waals surface area contributed by atoms with Crippen LogP contribution >= 0.6 is 0 Å². The minimum absolute atomic E-state index is 0.180. The molecule has 10 heteroatoms. The van der Waals surface area contributed by atoms with Crippen LogP contribution < -0.4 is 0 Å². The van der Waals surface area contributed by atoms with E-state index < -0.39 is 10.0 Å². The molecule has 2 aromatic heterocycles. The van der Waals surface area contributed by atoms with E-state index in [0.29, 0.717) is 22.3 Å². The average molecular weight is 439 g/mol. The zero-order valence-corrected chi connectivity index (χ0v) is 18.3. The maximum Gasteiger partial charge on any atom is 0.259 e. The highest BCUT2D eigenvalue weighted by Crippen LogP contribution is 2.25. The zero-order chi connectivity index (χ0) is 22.3. The maximum atomic E-state index is 13.2. The number of sulfonamides is 1. The molecule has 4 rings (SSSR count). The highest BCUT2D eigenvalue weighted by molar-refractivity contribution is 7.89. The predicted octanol–water partition coefficient (Wildman–Crippen LogP) is 1.75. The molecule has 0 saturated carbocycles. The molecule has 3 aromatic rings. The number of fused-ring (bicyclic) bond motifs is 1. The van der Waals surface area contributed by atoms with Crippen LogP contribution in [0.1, 0.15) is 34.0 Å². The molecule has 0 aliphatic carbocycles. The Morgan fingerprint density at radius 1 is 1.23 bits per heavy atom. The normalized spacial score (nSPS) is 17.6. The molecule has 1 amide bonds. The van der Waals surface area contributed by atoms with Crippen molar-refractivity contribution in [2.24, 2.45) is 0 Å². The molecule has 0 radical (unpaired) electrons. The fourth-order valence-corrected chi connectivity index (χ4v) is 5.58. The van der Waals surface area contributed by atoms with Crippen molar-refractivity contribution in [3.8, 4) is 6.07 Å². The number of hydrogen-bond donors (Lipinski definition) is 0. The Morgan fingerprint density at radius 2 is 2.00 bits per heavy atom. The summed E-state index contributed by atoms with van der Waals surface area (Å²) in [6.45, 7) is 6.03. The van der Waals surface area contributed by atoms with Gasteiger partial charge in [-0.25, -0.2) is 17.9 Å². The molecule has 1 atom stereocenters. The van der Waals surface area contributed by atoms with Gasteiger partial charge in [0.1, 0.15) is 5.56 Å². The average Bonchev–Trinajstić information content (AvgIpc) is 3.15. The number of benzene rings is 1. The van der Waals surface area contributed by atoms with Crippen LogP contribution in [0.5, 0.6) is 0 Å². The minimum atomic E-state index is -3.74. The van der Waals surface area contributed by atoms with Gasteiger partial charge in [-0.2, -0.15) is 14.7 Å². The maximum absolute atomic E-state index is 13.2. The summed E-state index contributed by atoms with van der Waals surface area (Å²) in [6.07, 6.45) is 4.98. The van der Waals surface area contributed by atoms with Crippen LogP contribution in [-0.2, 0) is 10.0 Å². The summed E-state index contributed by atoms with van der Waals surface area (Å²) in [5.41, 5.74) is 2.74. The van der Waals surface area contributed by atoms with Crippen LogP contribution in [0.4, 0.5) is 0 Å². The number of nitrogens with zero attached hydrogens (tertiary/aromatic N) is 6. The monoisotopic (exact) mass is 438 g/mol. The van der Waals surface area contributed by atoms with E-state index in [1.165, 1.54) is 22.6 Å². The van der Waals surface area contributed by atoms with Gasteiger partial charge in [0.05, 0.1) is 22.7 Å². The number of aryl methyl sites for hydroxylation is 2. The third kappa shape index (κ3) is 3.66. The second-order valence-corrected chi connectivity index (χ2v) is 9.67. The van der Waals surface area contributed by atoms with Gasteiger partial charge in [-0.05, 0) is 50.1 Å². The Labute approximate surface area is 180 Å². The molecule has 3 heterocycles. The molecule has 1 aromatic carbocycles. The number of aromatic nitrogens is 3. The van der Waals surface area contributed by atoms with E-state index in [1.54, 1.807) is 34.8 Å². The Kier molecular flexibility index (Phi) is 5.24. The van der Waals surface area contributed by atoms with Crippen molar-refractivity contribution >= 4 is 21.6 Å². The standard InChI is InChI=1S/C21H22N6O3S/c1-14-10-23-20-18(11-24-27(20)12-14)21(28)26-7-6-25(13-16(26)3)31(29,30)19-5-4-17(9-22)8-15(19)2/h4-5,8,10-12,16H,6-7,13H2,1-3H3. The molecule has 160 valence electrons. The van der Waals surface area contributed by atoms with E-state index >= 15 is 0 Å². The van der Waals surface area contributed by atoms with Gasteiger partial charge < -0.3 is 4.90 Å². The molecule has 0 bridgehead atoms. The quantitative estimate of drug-likeness (QED) is 0.616. The molecular weight excluding hydrogens is 416 g/mol. The van der Waals surface area contributed by atoms with E-state index in [9.17, 15) is 13.2 Å². The summed E-state index contributed by atoms with van der Waals surface area (Å²) in [4.78, 5) is 19.3. The van der Waals surface area contributed by atoms with Gasteiger partial charge in [-0.15, -0.1) is 0 Å². The number of rotatable bonds is 3. The zero-order valence-electron chi connectivity index (χ0n) is 17.5. The second-order valence-electron chi connectivity index (χ2n) is 7.76. The van der Waals surface area contributed by atoms with E-state index in [2.05, 4.69) is 10.1 Å². The lowest BCUT2D eigenvalue weighted by Gasteiger charge is -2.39. The number of piperazine rings is 1. The SMILES string of the molecule is Cc1cnc2c(C(=O)N3CCN(S(=O)(=O)c4ccc(C#N)cc4C)CC3C)cnn2c1. The number of hydrogen-bond acceptors (Lipinski definition) is 6. The van der Waals surface area contributed by atoms with Gasteiger partial charge in [-0.1, -0.05) is 0 Å². The lowest BCUT2D eigenvalue weighted by molar-refractivity contribution is 0.0593. The lowest BCUT2D eigenvalue weighted by atomic mass is 10.1. The number of carbonyl (C=O) groups is 1. The topological polar surface area (TPSA) is 112 Å². The first-order chi connectivity index (χ1) is 14.7. The number of nitriles is 1. The molecule has 1 unspecified atom stereocenters. The highest BCUT2D eigenvalue weighted by atomic mass is 32.2. The molecule has 0 spiro atoms. The van der Waals surface area contributed by atoms with Crippen molar-refractivity contribution in [2.45, 2.75) is 31.7 Å². The molecule has 1 fully saturated rings. The summed E-state index contributed by atoms with van der Waals surface area (Å²) < 4.78 is 29.3. The molecule has 1 saturated heterocycles. The van der Waals surface area contributed by atoms with Crippen LogP contribution in [-0.4, -0.2) is 63.8 Å². The first kappa shape index (κ1) is 21.0. The van der Waals surface area contributed by atoms with E-state index in [-0.39, 0.29) is 36.5 Å². The largest absolute Gasteiger partial charge is 0.333 e. The van der Waals surface area contributed by atoms with Gasteiger partial charge in [0, 0.05) is 38.1 Å². The highest BCUT2D eigenvalue weighted by Gasteiger charge is 2.36. The summed E-state index contributed by atoms with van der Waals surface area (Å²) in [5.74, 6) is -0.217. The molecule has 1 aliphatic heterocycles. The summed E-state index contributed by atoms with van der Waals surface area (Å²) in [7, 11) is -3.74. The van der Waals surface area contributed by atoms with Gasteiger partial charge in [0.15, 0.2) is 5.65 Å². The molecular formula is C21H22N6O3S. The van der Waals surface area contributed by atoms with Crippen molar-refractivity contribution in [1.29, 1.82) is 5.26 Å². The Bertz CT molecular complexity index is 1320. The Balaban J connectivity index is 1.55. The van der Waals surface area contributed by atoms with Crippen LogP contribution in [0, 0.1) is 25.2 Å². The summed E-state index contributed by atoms with van der Waals surface area (Å²) in [6, 6.07) is 6.23. The van der Waals surface area contributed by atoms with Crippen molar-refractivity contribution < 1.29 is 13.2 Å². The van der Waals surface area contributed by atoms with Crippen molar-refractivity contribution in [2.75, 3.05) is 19.6 Å². The summed E-state index contributed by atoms with van der Waals surface area (Å²) >= 11 is 0. The first-order valence-corrected chi connectivity index (χ1v) is 11.3. The van der Waals surface area contributed by atoms with Crippen LogP contribution in [0.25, 0.3) is 5.65 Å². The van der Waals surface area contributed by atoms with Crippen molar-refractivity contribution in [3.63, 3.8) is 0 Å². The predicted molar refractivity (Wildman–Crippen MR) is 113 cm³/mol. The fourth-order valence-electron chi connectivity index (χ4n) is 3.87. The van der Waals surface area contributed by atoms with Gasteiger partial charge in [-0.3, -0.25) is 4.79 Å². The first-order valence-electron chi connectivity index (χ1n) is 9.84. The summed E-state index contributed by atoms with van der Waals surface area (Å²) in [5, 5.41) is 13.2. The molecule has 1 aliphatic rings.